The van der Waals surface area contributed by atoms with Gasteiger partial charge in [0, 0.05) is 24.2 Å². The third kappa shape index (κ3) is 1.85. The highest BCUT2D eigenvalue weighted by molar-refractivity contribution is 5.80. The molecule has 5 nitrogen and oxygen atoms in total. The van der Waals surface area contributed by atoms with Crippen molar-refractivity contribution in [3.8, 4) is 0 Å². The quantitative estimate of drug-likeness (QED) is 0.803. The molecule has 1 saturated heterocycles. The second-order valence-electron chi connectivity index (χ2n) is 4.80. The Morgan fingerprint density at radius 1 is 1.56 bits per heavy atom. The summed E-state index contributed by atoms with van der Waals surface area (Å²) in [5.41, 5.74) is 0.776. The lowest BCUT2D eigenvalue weighted by molar-refractivity contribution is -0.132. The predicted molar refractivity (Wildman–Crippen MR) is 67.9 cm³/mol. The van der Waals surface area contributed by atoms with Gasteiger partial charge in [-0.3, -0.25) is 4.79 Å². The van der Waals surface area contributed by atoms with Crippen molar-refractivity contribution in [3.05, 3.63) is 24.5 Å². The molecule has 1 fully saturated rings. The SMILES string of the molecule is CC1CCCN1C(=O)Cn1ncc2cccnc21. The van der Waals surface area contributed by atoms with Crippen molar-refractivity contribution in [2.24, 2.45) is 0 Å². The molecule has 5 heteroatoms. The van der Waals surface area contributed by atoms with Crippen LogP contribution in [-0.4, -0.2) is 38.2 Å². The van der Waals surface area contributed by atoms with E-state index in [1.165, 1.54) is 0 Å². The summed E-state index contributed by atoms with van der Waals surface area (Å²) >= 11 is 0. The number of carbonyl (C=O) groups is 1. The molecule has 0 aliphatic carbocycles. The van der Waals surface area contributed by atoms with Crippen LogP contribution in [0.25, 0.3) is 11.0 Å². The number of fused-ring (bicyclic) bond motifs is 1. The van der Waals surface area contributed by atoms with E-state index < -0.39 is 0 Å². The van der Waals surface area contributed by atoms with E-state index in [1.807, 2.05) is 17.0 Å². The van der Waals surface area contributed by atoms with Gasteiger partial charge in [0.25, 0.3) is 0 Å². The van der Waals surface area contributed by atoms with Crippen LogP contribution in [0.2, 0.25) is 0 Å². The number of rotatable bonds is 2. The van der Waals surface area contributed by atoms with Crippen molar-refractivity contribution >= 4 is 16.9 Å². The molecule has 94 valence electrons. The van der Waals surface area contributed by atoms with E-state index in [1.54, 1.807) is 17.1 Å². The zero-order valence-electron chi connectivity index (χ0n) is 10.4. The highest BCUT2D eigenvalue weighted by Crippen LogP contribution is 2.17. The lowest BCUT2D eigenvalue weighted by atomic mass is 10.2. The molecule has 3 heterocycles. The van der Waals surface area contributed by atoms with Gasteiger partial charge in [0.1, 0.15) is 6.54 Å². The maximum atomic E-state index is 12.2. The van der Waals surface area contributed by atoms with Gasteiger partial charge in [0.2, 0.25) is 5.91 Å². The Kier molecular flexibility index (Phi) is 2.74. The first kappa shape index (κ1) is 11.2. The standard InChI is InChI=1S/C13H16N4O/c1-10-4-3-7-16(10)12(18)9-17-13-11(8-15-17)5-2-6-14-13/h2,5-6,8,10H,3-4,7,9H2,1H3. The van der Waals surface area contributed by atoms with Gasteiger partial charge in [-0.05, 0) is 31.9 Å². The summed E-state index contributed by atoms with van der Waals surface area (Å²) in [5.74, 6) is 0.135. The minimum Gasteiger partial charge on any atom is -0.338 e. The van der Waals surface area contributed by atoms with Gasteiger partial charge in [0.15, 0.2) is 5.65 Å². The summed E-state index contributed by atoms with van der Waals surface area (Å²) in [6, 6.07) is 4.18. The molecule has 1 atom stereocenters. The number of likely N-dealkylation sites (tertiary alicyclic amines) is 1. The molecule has 18 heavy (non-hydrogen) atoms. The second kappa shape index (κ2) is 4.40. The molecule has 2 aromatic rings. The third-order valence-electron chi connectivity index (χ3n) is 3.56. The Balaban J connectivity index is 1.82. The van der Waals surface area contributed by atoms with Crippen LogP contribution in [0.4, 0.5) is 0 Å². The Morgan fingerprint density at radius 3 is 3.22 bits per heavy atom. The molecule has 1 aliphatic heterocycles. The molecular weight excluding hydrogens is 228 g/mol. The van der Waals surface area contributed by atoms with Crippen LogP contribution >= 0.6 is 0 Å². The van der Waals surface area contributed by atoms with Crippen molar-refractivity contribution < 1.29 is 4.79 Å². The van der Waals surface area contributed by atoms with E-state index >= 15 is 0 Å². The molecule has 1 aliphatic rings. The van der Waals surface area contributed by atoms with Gasteiger partial charge in [-0.15, -0.1) is 0 Å². The van der Waals surface area contributed by atoms with Gasteiger partial charge in [-0.1, -0.05) is 0 Å². The maximum Gasteiger partial charge on any atom is 0.244 e. The van der Waals surface area contributed by atoms with Crippen LogP contribution in [-0.2, 0) is 11.3 Å². The van der Waals surface area contributed by atoms with Crippen LogP contribution in [0, 0.1) is 0 Å². The highest BCUT2D eigenvalue weighted by atomic mass is 16.2. The van der Waals surface area contributed by atoms with Gasteiger partial charge < -0.3 is 4.90 Å². The fraction of sp³-hybridized carbons (Fsp3) is 0.462. The monoisotopic (exact) mass is 244 g/mol. The van der Waals surface area contributed by atoms with E-state index in [0.29, 0.717) is 6.04 Å². The molecule has 0 radical (unpaired) electrons. The van der Waals surface area contributed by atoms with E-state index in [0.717, 1.165) is 30.4 Å². The van der Waals surface area contributed by atoms with Crippen LogP contribution in [0.15, 0.2) is 24.5 Å². The largest absolute Gasteiger partial charge is 0.338 e. The second-order valence-corrected chi connectivity index (χ2v) is 4.80. The lowest BCUT2D eigenvalue weighted by Crippen LogP contribution is -2.36. The average Bonchev–Trinajstić information content (AvgIpc) is 2.97. The summed E-state index contributed by atoms with van der Waals surface area (Å²) in [6.07, 6.45) is 5.68. The molecule has 0 bridgehead atoms. The average molecular weight is 244 g/mol. The maximum absolute atomic E-state index is 12.2. The fourth-order valence-electron chi connectivity index (χ4n) is 2.55. The highest BCUT2D eigenvalue weighted by Gasteiger charge is 2.25. The summed E-state index contributed by atoms with van der Waals surface area (Å²) < 4.78 is 1.68. The first-order valence-corrected chi connectivity index (χ1v) is 6.32. The lowest BCUT2D eigenvalue weighted by Gasteiger charge is -2.21. The number of aromatic nitrogens is 3. The molecule has 0 saturated carbocycles. The first-order chi connectivity index (χ1) is 8.75. The molecule has 1 unspecified atom stereocenters. The van der Waals surface area contributed by atoms with Crippen molar-refractivity contribution in [1.29, 1.82) is 0 Å². The van der Waals surface area contributed by atoms with Gasteiger partial charge in [-0.2, -0.15) is 5.10 Å². The zero-order chi connectivity index (χ0) is 12.5. The molecule has 3 rings (SSSR count). The van der Waals surface area contributed by atoms with E-state index in [4.69, 9.17) is 0 Å². The molecule has 0 spiro atoms. The number of nitrogens with zero attached hydrogens (tertiary/aromatic N) is 4. The molecule has 1 amide bonds. The topological polar surface area (TPSA) is 51.0 Å². The van der Waals surface area contributed by atoms with Crippen LogP contribution in [0.1, 0.15) is 19.8 Å². The summed E-state index contributed by atoms with van der Waals surface area (Å²) in [6.45, 7) is 3.25. The number of pyridine rings is 1. The number of amides is 1. The third-order valence-corrected chi connectivity index (χ3v) is 3.56. The summed E-state index contributed by atoms with van der Waals surface area (Å²) in [7, 11) is 0. The van der Waals surface area contributed by atoms with Gasteiger partial charge in [0.05, 0.1) is 6.20 Å². The van der Waals surface area contributed by atoms with Crippen molar-refractivity contribution in [3.63, 3.8) is 0 Å². The molecule has 0 N–H and O–H groups in total. The Labute approximate surface area is 105 Å². The summed E-state index contributed by atoms with van der Waals surface area (Å²) in [5, 5.41) is 5.21. The molecule has 2 aromatic heterocycles. The first-order valence-electron chi connectivity index (χ1n) is 6.32. The molecule has 0 aromatic carbocycles. The van der Waals surface area contributed by atoms with Gasteiger partial charge >= 0.3 is 0 Å². The fourth-order valence-corrected chi connectivity index (χ4v) is 2.55. The Bertz CT molecular complexity index is 577. The van der Waals surface area contributed by atoms with E-state index in [2.05, 4.69) is 17.0 Å². The van der Waals surface area contributed by atoms with Crippen LogP contribution in [0.5, 0.6) is 0 Å². The normalized spacial score (nSPS) is 19.6. The summed E-state index contributed by atoms with van der Waals surface area (Å²) in [4.78, 5) is 18.4. The van der Waals surface area contributed by atoms with E-state index in [9.17, 15) is 4.79 Å². The molecular formula is C13H16N4O. The van der Waals surface area contributed by atoms with Crippen molar-refractivity contribution in [2.75, 3.05) is 6.54 Å². The minimum atomic E-state index is 0.135. The van der Waals surface area contributed by atoms with E-state index in [-0.39, 0.29) is 12.5 Å². The smallest absolute Gasteiger partial charge is 0.244 e. The number of carbonyl (C=O) groups excluding carboxylic acids is 1. The number of hydrogen-bond acceptors (Lipinski definition) is 3. The number of hydrogen-bond donors (Lipinski definition) is 0. The predicted octanol–water partition coefficient (Wildman–Crippen LogP) is 1.44. The Morgan fingerprint density at radius 2 is 2.44 bits per heavy atom. The van der Waals surface area contributed by atoms with Crippen molar-refractivity contribution in [1.82, 2.24) is 19.7 Å². The van der Waals surface area contributed by atoms with Gasteiger partial charge in [-0.25, -0.2) is 9.67 Å². The van der Waals surface area contributed by atoms with Crippen LogP contribution in [0.3, 0.4) is 0 Å². The minimum absolute atomic E-state index is 0.135. The van der Waals surface area contributed by atoms with Crippen LogP contribution < -0.4 is 0 Å². The zero-order valence-corrected chi connectivity index (χ0v) is 10.4. The van der Waals surface area contributed by atoms with Crippen molar-refractivity contribution in [2.45, 2.75) is 32.4 Å². The Hall–Kier alpha value is -1.91.